The second-order valence-electron chi connectivity index (χ2n) is 12.7. The summed E-state index contributed by atoms with van der Waals surface area (Å²) in [5.41, 5.74) is -18.7. The van der Waals surface area contributed by atoms with E-state index >= 15 is 39.5 Å². The van der Waals surface area contributed by atoms with Crippen LogP contribution in [0.25, 0.3) is 33.4 Å². The largest absolute Gasteiger partial charge is 0.466 e. The van der Waals surface area contributed by atoms with E-state index in [1.807, 2.05) is 0 Å². The number of nitrogens with zero attached hydrogens (tertiary/aromatic N) is 3. The summed E-state index contributed by atoms with van der Waals surface area (Å²) in [6, 6.07) is 0. The highest BCUT2D eigenvalue weighted by molar-refractivity contribution is 5.86. The summed E-state index contributed by atoms with van der Waals surface area (Å²) in [6.45, 7) is -17.2. The molecule has 0 amide bonds. The molecule has 0 bridgehead atoms. The van der Waals surface area contributed by atoms with Gasteiger partial charge >= 0.3 is 37.1 Å². The SMILES string of the molecule is Fc1c(OCC(F)(F)F)nc(OCC(F)(F)F)c(F)c1-c1c(F)c(-c2c(F)c(OCC(F)(F)F)nc(OCC(F)(F)F)c2F)c(F)c(-c2c(F)c(OCC(F)(F)F)nc(OCC(F)(F)F)c2F)c1F. The van der Waals surface area contributed by atoms with Gasteiger partial charge in [0, 0.05) is 0 Å². The molecule has 0 aliphatic rings. The quantitative estimate of drug-likeness (QED) is 0.108. The van der Waals surface area contributed by atoms with Crippen LogP contribution >= 0.6 is 0 Å². The predicted molar refractivity (Wildman–Crippen MR) is 165 cm³/mol. The zero-order chi connectivity index (χ0) is 52.7. The highest BCUT2D eigenvalue weighted by Crippen LogP contribution is 2.50. The molecule has 9 nitrogen and oxygen atoms in total. The van der Waals surface area contributed by atoms with Crippen molar-refractivity contribution in [2.45, 2.75) is 37.1 Å². The topological polar surface area (TPSA) is 94.1 Å². The second kappa shape index (κ2) is 19.5. The maximum atomic E-state index is 16.9. The van der Waals surface area contributed by atoms with Crippen molar-refractivity contribution >= 4 is 0 Å². The van der Waals surface area contributed by atoms with Crippen molar-refractivity contribution in [3.05, 3.63) is 52.4 Å². The van der Waals surface area contributed by atoms with Crippen LogP contribution in [0.4, 0.5) is 119 Å². The number of halogens is 27. The van der Waals surface area contributed by atoms with Gasteiger partial charge in [-0.1, -0.05) is 0 Å². The van der Waals surface area contributed by atoms with Crippen LogP contribution in [-0.2, 0) is 0 Å². The van der Waals surface area contributed by atoms with Crippen LogP contribution in [0.2, 0.25) is 0 Å². The average molecular weight is 1060 g/mol. The van der Waals surface area contributed by atoms with E-state index in [4.69, 9.17) is 0 Å². The Morgan fingerprint density at radius 2 is 0.333 bits per heavy atom. The van der Waals surface area contributed by atoms with Crippen LogP contribution in [0.5, 0.6) is 35.3 Å². The van der Waals surface area contributed by atoms with Crippen molar-refractivity contribution in [2.75, 3.05) is 39.6 Å². The molecule has 4 rings (SSSR count). The van der Waals surface area contributed by atoms with Gasteiger partial charge in [-0.3, -0.25) is 0 Å². The van der Waals surface area contributed by atoms with Gasteiger partial charge in [0.1, 0.15) is 17.5 Å². The van der Waals surface area contributed by atoms with E-state index in [2.05, 4.69) is 43.4 Å². The first kappa shape index (κ1) is 55.2. The Kier molecular flexibility index (Phi) is 15.6. The Hall–Kier alpha value is -6.42. The van der Waals surface area contributed by atoms with Crippen molar-refractivity contribution in [1.29, 1.82) is 0 Å². The molecular formula is C33H12F27N3O6. The fourth-order valence-electron chi connectivity index (χ4n) is 4.96. The predicted octanol–water partition coefficient (Wildman–Crippen LogP) is 11.8. The molecule has 0 saturated heterocycles. The van der Waals surface area contributed by atoms with Crippen molar-refractivity contribution in [1.82, 2.24) is 15.0 Å². The Bertz CT molecular complexity index is 2130. The standard InChI is InChI=1S/C33H12F27N3O6/c34-13-7(10-16(37)22(64-1-28(43,44)45)61-23(17(10)38)65-2-29(46,47)48)14(35)9(12-20(41)26(68-5-32(55,56)57)63-27(21(12)42)69-6-33(58,59)60)15(36)8(13)11-18(39)24(66-3-30(49,50)51)62-25(19(11)40)67-4-31(52,53)54/h1-6H2. The first-order chi connectivity index (χ1) is 31.2. The smallest absolute Gasteiger partial charge is 0.422 e. The van der Waals surface area contributed by atoms with E-state index < -0.39 is 198 Å². The molecule has 4 aromatic rings. The molecule has 0 saturated carbocycles. The maximum absolute atomic E-state index is 16.9. The van der Waals surface area contributed by atoms with Gasteiger partial charge in [0.25, 0.3) is 35.3 Å². The van der Waals surface area contributed by atoms with E-state index in [-0.39, 0.29) is 0 Å². The van der Waals surface area contributed by atoms with Gasteiger partial charge in [-0.05, 0) is 0 Å². The molecular weight excluding hydrogens is 1050 g/mol. The number of pyridine rings is 3. The number of hydrogen-bond acceptors (Lipinski definition) is 9. The molecule has 0 N–H and O–H groups in total. The van der Waals surface area contributed by atoms with Crippen LogP contribution in [0.1, 0.15) is 0 Å². The van der Waals surface area contributed by atoms with Crippen molar-refractivity contribution < 1.29 is 147 Å². The molecule has 1 aromatic carbocycles. The summed E-state index contributed by atoms with van der Waals surface area (Å²) in [6.07, 6.45) is -34.1. The van der Waals surface area contributed by atoms with E-state index in [9.17, 15) is 79.0 Å². The van der Waals surface area contributed by atoms with E-state index in [1.54, 1.807) is 0 Å². The van der Waals surface area contributed by atoms with E-state index in [1.165, 1.54) is 0 Å². The van der Waals surface area contributed by atoms with Crippen molar-refractivity contribution in [3.63, 3.8) is 0 Å². The third-order valence-electron chi connectivity index (χ3n) is 7.36. The molecule has 0 aliphatic heterocycles. The molecule has 0 aliphatic carbocycles. The maximum Gasteiger partial charge on any atom is 0.422 e. The molecule has 69 heavy (non-hydrogen) atoms. The molecule has 0 unspecified atom stereocenters. The zero-order valence-electron chi connectivity index (χ0n) is 31.7. The Balaban J connectivity index is 2.39. The minimum absolute atomic E-state index is 2.46. The van der Waals surface area contributed by atoms with Gasteiger partial charge in [0.05, 0.1) is 33.4 Å². The summed E-state index contributed by atoms with van der Waals surface area (Å²) in [5.74, 6) is -45.2. The van der Waals surface area contributed by atoms with Crippen molar-refractivity contribution in [2.24, 2.45) is 0 Å². The highest BCUT2D eigenvalue weighted by Gasteiger charge is 2.43. The Labute approximate surface area is 360 Å². The third kappa shape index (κ3) is 13.9. The summed E-state index contributed by atoms with van der Waals surface area (Å²) in [4.78, 5) is 7.39. The fraction of sp³-hybridized carbons (Fsp3) is 0.364. The first-order valence-corrected chi connectivity index (χ1v) is 16.8. The molecule has 0 radical (unpaired) electrons. The lowest BCUT2D eigenvalue weighted by atomic mass is 9.90. The second-order valence-corrected chi connectivity index (χ2v) is 12.7. The van der Waals surface area contributed by atoms with Crippen LogP contribution in [-0.4, -0.2) is 91.7 Å². The van der Waals surface area contributed by atoms with Gasteiger partial charge in [0.2, 0.25) is 0 Å². The van der Waals surface area contributed by atoms with Gasteiger partial charge in [-0.2, -0.15) is 94.0 Å². The molecule has 36 heteroatoms. The lowest BCUT2D eigenvalue weighted by molar-refractivity contribution is -0.156. The molecule has 0 spiro atoms. The lowest BCUT2D eigenvalue weighted by Crippen LogP contribution is -2.23. The zero-order valence-corrected chi connectivity index (χ0v) is 31.7. The molecule has 0 fully saturated rings. The van der Waals surface area contributed by atoms with Gasteiger partial charge in [-0.15, -0.1) is 0 Å². The Morgan fingerprint density at radius 3 is 0.449 bits per heavy atom. The Morgan fingerprint density at radius 1 is 0.217 bits per heavy atom. The number of aromatic nitrogens is 3. The molecule has 3 heterocycles. The minimum atomic E-state index is -5.69. The van der Waals surface area contributed by atoms with E-state index in [0.29, 0.717) is 0 Å². The average Bonchev–Trinajstić information content (AvgIpc) is 3.17. The number of hydrogen-bond donors (Lipinski definition) is 0. The summed E-state index contributed by atoms with van der Waals surface area (Å²) >= 11 is 0. The van der Waals surface area contributed by atoms with Gasteiger partial charge in [-0.25, -0.2) is 39.5 Å². The first-order valence-electron chi connectivity index (χ1n) is 16.8. The third-order valence-corrected chi connectivity index (χ3v) is 7.36. The summed E-state index contributed by atoms with van der Waals surface area (Å²) < 4.78 is 405. The van der Waals surface area contributed by atoms with Crippen LogP contribution in [0, 0.1) is 52.4 Å². The highest BCUT2D eigenvalue weighted by atomic mass is 19.4. The van der Waals surface area contributed by atoms with Gasteiger partial charge in [0.15, 0.2) is 74.5 Å². The fourth-order valence-corrected chi connectivity index (χ4v) is 4.96. The number of alkyl halides is 18. The number of ether oxygens (including phenoxy) is 6. The molecule has 0 atom stereocenters. The van der Waals surface area contributed by atoms with Crippen LogP contribution in [0.15, 0.2) is 0 Å². The summed E-state index contributed by atoms with van der Waals surface area (Å²) in [5, 5.41) is 0. The minimum Gasteiger partial charge on any atom is -0.466 e. The van der Waals surface area contributed by atoms with Gasteiger partial charge < -0.3 is 28.4 Å². The normalized spacial score (nSPS) is 12.9. The number of benzene rings is 1. The van der Waals surface area contributed by atoms with Crippen molar-refractivity contribution in [3.8, 4) is 68.7 Å². The number of rotatable bonds is 15. The van der Waals surface area contributed by atoms with Crippen LogP contribution < -0.4 is 28.4 Å². The monoisotopic (exact) mass is 1060 g/mol. The van der Waals surface area contributed by atoms with Crippen LogP contribution in [0.3, 0.4) is 0 Å². The van der Waals surface area contributed by atoms with E-state index in [0.717, 1.165) is 0 Å². The molecule has 3 aromatic heterocycles. The molecule has 384 valence electrons. The summed E-state index contributed by atoms with van der Waals surface area (Å²) in [7, 11) is 0. The lowest BCUT2D eigenvalue weighted by Gasteiger charge is -2.22.